The zero-order chi connectivity index (χ0) is 18.2. The second-order valence-corrected chi connectivity index (χ2v) is 5.21. The second-order valence-electron chi connectivity index (χ2n) is 5.21. The van der Waals surface area contributed by atoms with Crippen LogP contribution in [0.2, 0.25) is 0 Å². The number of nitrogens with one attached hydrogen (secondary N) is 3. The van der Waals surface area contributed by atoms with E-state index in [9.17, 15) is 4.39 Å². The number of rotatable bonds is 7. The Labute approximate surface area is 145 Å². The van der Waals surface area contributed by atoms with Crippen LogP contribution in [0.25, 0.3) is 0 Å². The van der Waals surface area contributed by atoms with E-state index in [0.717, 1.165) is 18.9 Å². The highest BCUT2D eigenvalue weighted by Gasteiger charge is 2.13. The van der Waals surface area contributed by atoms with Crippen LogP contribution in [0.15, 0.2) is 23.6 Å². The first-order valence-corrected chi connectivity index (χ1v) is 7.87. The molecule has 0 radical (unpaired) electrons. The molecule has 2 heterocycles. The van der Waals surface area contributed by atoms with E-state index >= 15 is 0 Å². The number of nitrogens with two attached hydrogens (primary N) is 1. The van der Waals surface area contributed by atoms with Crippen LogP contribution in [0.1, 0.15) is 38.3 Å². The maximum Gasteiger partial charge on any atom is 0.174 e. The highest BCUT2D eigenvalue weighted by Crippen LogP contribution is 2.20. The van der Waals surface area contributed by atoms with Crippen molar-refractivity contribution in [2.75, 3.05) is 11.9 Å². The summed E-state index contributed by atoms with van der Waals surface area (Å²) in [6.45, 7) is 6.58. The molecule has 134 valence electrons. The number of amidine groups is 1. The molecular weight excluding hydrogens is 325 g/mol. The second kappa shape index (κ2) is 8.94. The van der Waals surface area contributed by atoms with Crippen molar-refractivity contribution < 1.29 is 4.39 Å². The summed E-state index contributed by atoms with van der Waals surface area (Å²) in [5.74, 6) is 1.51. The monoisotopic (exact) mass is 347 g/mol. The molecule has 9 nitrogen and oxygen atoms in total. The number of anilines is 1. The molecule has 0 aliphatic rings. The Bertz CT molecular complexity index is 717. The van der Waals surface area contributed by atoms with E-state index < -0.39 is 5.82 Å². The van der Waals surface area contributed by atoms with Crippen LogP contribution in [0.3, 0.4) is 0 Å². The van der Waals surface area contributed by atoms with Crippen LogP contribution in [0, 0.1) is 5.82 Å². The lowest BCUT2D eigenvalue weighted by molar-refractivity contribution is 0.604. The summed E-state index contributed by atoms with van der Waals surface area (Å²) in [4.78, 5) is 21.0. The van der Waals surface area contributed by atoms with Crippen LogP contribution in [0.5, 0.6) is 0 Å². The van der Waals surface area contributed by atoms with Crippen molar-refractivity contribution in [3.63, 3.8) is 0 Å². The Kier molecular flexibility index (Phi) is 6.66. The lowest BCUT2D eigenvalue weighted by Gasteiger charge is -2.15. The number of aliphatic imine (C=N–C) groups is 1. The molecule has 2 aromatic heterocycles. The van der Waals surface area contributed by atoms with Gasteiger partial charge in [-0.25, -0.2) is 29.8 Å². The Morgan fingerprint density at radius 1 is 1.28 bits per heavy atom. The summed E-state index contributed by atoms with van der Waals surface area (Å²) < 4.78 is 12.9. The van der Waals surface area contributed by atoms with E-state index in [-0.39, 0.29) is 12.6 Å². The summed E-state index contributed by atoms with van der Waals surface area (Å²) in [5.41, 5.74) is 12.2. The predicted molar refractivity (Wildman–Crippen MR) is 93.5 cm³/mol. The number of halogens is 1. The van der Waals surface area contributed by atoms with E-state index in [4.69, 9.17) is 5.73 Å². The normalized spacial score (nSPS) is 12.8. The number of hydrazine groups is 1. The zero-order valence-electron chi connectivity index (χ0n) is 14.4. The van der Waals surface area contributed by atoms with Gasteiger partial charge >= 0.3 is 0 Å². The van der Waals surface area contributed by atoms with E-state index in [2.05, 4.69) is 41.1 Å². The Morgan fingerprint density at radius 3 is 2.64 bits per heavy atom. The van der Waals surface area contributed by atoms with Crippen molar-refractivity contribution in [1.82, 2.24) is 30.8 Å². The first-order chi connectivity index (χ1) is 12.0. The van der Waals surface area contributed by atoms with Crippen molar-refractivity contribution in [1.29, 1.82) is 0 Å². The molecule has 1 atom stereocenters. The van der Waals surface area contributed by atoms with Crippen LogP contribution in [0.4, 0.5) is 16.0 Å². The highest BCUT2D eigenvalue weighted by atomic mass is 19.1. The van der Waals surface area contributed by atoms with Crippen LogP contribution >= 0.6 is 0 Å². The molecule has 0 bridgehead atoms. The molecule has 0 aromatic carbocycles. The van der Waals surface area contributed by atoms with E-state index in [1.165, 1.54) is 0 Å². The van der Waals surface area contributed by atoms with Crippen LogP contribution in [-0.4, -0.2) is 32.3 Å². The molecule has 0 spiro atoms. The first kappa shape index (κ1) is 18.6. The predicted octanol–water partition coefficient (Wildman–Crippen LogP) is 1.20. The Hall–Kier alpha value is -2.72. The maximum absolute atomic E-state index is 12.9. The minimum Gasteiger partial charge on any atom is -0.359 e. The average Bonchev–Trinajstić information content (AvgIpc) is 2.60. The molecule has 0 saturated carbocycles. The van der Waals surface area contributed by atoms with Gasteiger partial charge in [-0.1, -0.05) is 6.92 Å². The van der Waals surface area contributed by atoms with Gasteiger partial charge in [-0.2, -0.15) is 0 Å². The molecule has 2 rings (SSSR count). The number of hydrogen-bond acceptors (Lipinski definition) is 8. The third-order valence-corrected chi connectivity index (χ3v) is 3.14. The average molecular weight is 347 g/mol. The van der Waals surface area contributed by atoms with Crippen molar-refractivity contribution in [3.8, 4) is 0 Å². The van der Waals surface area contributed by atoms with Gasteiger partial charge in [-0.15, -0.1) is 0 Å². The molecule has 0 fully saturated rings. The lowest BCUT2D eigenvalue weighted by Crippen LogP contribution is -2.35. The third-order valence-electron chi connectivity index (χ3n) is 3.14. The molecular formula is C15H22FN9. The number of aromatic nitrogens is 4. The maximum atomic E-state index is 12.9. The summed E-state index contributed by atoms with van der Waals surface area (Å²) in [6, 6.07) is -0.305. The Morgan fingerprint density at radius 2 is 2.00 bits per heavy atom. The third kappa shape index (κ3) is 5.40. The van der Waals surface area contributed by atoms with Crippen molar-refractivity contribution in [2.45, 2.75) is 33.4 Å². The van der Waals surface area contributed by atoms with Gasteiger partial charge in [0.05, 0.1) is 30.3 Å². The van der Waals surface area contributed by atoms with Gasteiger partial charge in [-0.3, -0.25) is 4.98 Å². The van der Waals surface area contributed by atoms with Gasteiger partial charge in [0, 0.05) is 13.1 Å². The van der Waals surface area contributed by atoms with Crippen LogP contribution in [-0.2, 0) is 6.54 Å². The summed E-state index contributed by atoms with van der Waals surface area (Å²) >= 11 is 0. The molecule has 0 saturated heterocycles. The summed E-state index contributed by atoms with van der Waals surface area (Å²) in [7, 11) is 0. The van der Waals surface area contributed by atoms with Gasteiger partial charge < -0.3 is 16.5 Å². The fourth-order valence-electron chi connectivity index (χ4n) is 1.96. The standard InChI is InChI=1S/C15H22FN9/c1-4-21-25-10(3)23-13-8-18-12(5-17)15(24-13)22-9(2)14-19-6-11(16)7-20-14/h6-9,21H,4-5,17H2,1-3H3,(H2,22,23,24,25)/t9-/m0/s1. The van der Waals surface area contributed by atoms with E-state index in [1.807, 2.05) is 20.8 Å². The molecule has 2 aromatic rings. The van der Waals surface area contributed by atoms with Gasteiger partial charge in [0.15, 0.2) is 17.5 Å². The number of nitrogens with zero attached hydrogens (tertiary/aromatic N) is 5. The molecule has 0 aliphatic carbocycles. The van der Waals surface area contributed by atoms with Crippen molar-refractivity contribution in [2.24, 2.45) is 10.7 Å². The highest BCUT2D eigenvalue weighted by molar-refractivity contribution is 5.81. The minimum atomic E-state index is -0.488. The first-order valence-electron chi connectivity index (χ1n) is 7.87. The molecule has 0 unspecified atom stereocenters. The lowest BCUT2D eigenvalue weighted by atomic mass is 10.3. The van der Waals surface area contributed by atoms with Gasteiger partial charge in [0.1, 0.15) is 11.7 Å². The van der Waals surface area contributed by atoms with E-state index in [1.54, 1.807) is 6.20 Å². The topological polar surface area (TPSA) is 126 Å². The van der Waals surface area contributed by atoms with Crippen LogP contribution < -0.4 is 21.9 Å². The molecule has 0 amide bonds. The minimum absolute atomic E-state index is 0.213. The van der Waals surface area contributed by atoms with E-state index in [0.29, 0.717) is 29.0 Å². The Balaban J connectivity index is 2.20. The largest absolute Gasteiger partial charge is 0.359 e. The van der Waals surface area contributed by atoms with Gasteiger partial charge in [-0.05, 0) is 13.8 Å². The fraction of sp³-hybridized carbons (Fsp3) is 0.400. The quantitative estimate of drug-likeness (QED) is 0.334. The number of hydrogen-bond donors (Lipinski definition) is 4. The fourth-order valence-corrected chi connectivity index (χ4v) is 1.96. The van der Waals surface area contributed by atoms with Crippen molar-refractivity contribution >= 4 is 17.5 Å². The molecule has 5 N–H and O–H groups in total. The van der Waals surface area contributed by atoms with Gasteiger partial charge in [0.2, 0.25) is 0 Å². The SMILES string of the molecule is CCNN/C(C)=N\c1cnc(CN)c(N[C@@H](C)c2ncc(F)cn2)n1. The smallest absolute Gasteiger partial charge is 0.174 e. The molecule has 0 aliphatic heterocycles. The zero-order valence-corrected chi connectivity index (χ0v) is 14.4. The molecule has 25 heavy (non-hydrogen) atoms. The van der Waals surface area contributed by atoms with Gasteiger partial charge in [0.25, 0.3) is 0 Å². The van der Waals surface area contributed by atoms with Crippen molar-refractivity contribution in [3.05, 3.63) is 35.9 Å². The molecule has 10 heteroatoms. The summed E-state index contributed by atoms with van der Waals surface area (Å²) in [5, 5.41) is 3.15. The summed E-state index contributed by atoms with van der Waals surface area (Å²) in [6.07, 6.45) is 3.78.